The molecule has 4 aromatic carbocycles. The van der Waals surface area contributed by atoms with Crippen LogP contribution in [0.4, 0.5) is 0 Å². The van der Waals surface area contributed by atoms with Gasteiger partial charge in [-0.2, -0.15) is 0 Å². The van der Waals surface area contributed by atoms with Crippen molar-refractivity contribution < 1.29 is 14.3 Å². The topological polar surface area (TPSA) is 35.5 Å². The molecular weight excluding hydrogens is 408 g/mol. The van der Waals surface area contributed by atoms with Crippen molar-refractivity contribution in [3.63, 3.8) is 0 Å². The summed E-state index contributed by atoms with van der Waals surface area (Å²) < 4.78 is 12.0. The van der Waals surface area contributed by atoms with Crippen LogP contribution in [-0.2, 0) is 13.2 Å². The van der Waals surface area contributed by atoms with Gasteiger partial charge < -0.3 is 9.47 Å². The molecule has 0 aliphatic rings. The van der Waals surface area contributed by atoms with Gasteiger partial charge in [0, 0.05) is 11.6 Å². The molecule has 0 saturated heterocycles. The van der Waals surface area contributed by atoms with Crippen LogP contribution in [0.2, 0.25) is 5.02 Å². The minimum atomic E-state index is -0.191. The summed E-state index contributed by atoms with van der Waals surface area (Å²) in [5, 5.41) is 0.408. The first-order valence-corrected chi connectivity index (χ1v) is 10.4. The summed E-state index contributed by atoms with van der Waals surface area (Å²) in [5.74, 6) is 0.894. The smallest absolute Gasteiger partial charge is 0.198 e. The van der Waals surface area contributed by atoms with E-state index < -0.39 is 0 Å². The van der Waals surface area contributed by atoms with E-state index in [1.54, 1.807) is 42.5 Å². The molecule has 31 heavy (non-hydrogen) atoms. The van der Waals surface area contributed by atoms with Gasteiger partial charge in [0.05, 0.1) is 10.6 Å². The zero-order valence-electron chi connectivity index (χ0n) is 16.8. The highest BCUT2D eigenvalue weighted by molar-refractivity contribution is 6.35. The number of carbonyl (C=O) groups is 1. The van der Waals surface area contributed by atoms with E-state index in [0.29, 0.717) is 40.9 Å². The Hall–Kier alpha value is -3.56. The number of hydrogen-bond donors (Lipinski definition) is 0. The molecule has 0 aliphatic heterocycles. The molecule has 0 unspecified atom stereocenters. The van der Waals surface area contributed by atoms with Crippen LogP contribution < -0.4 is 9.47 Å². The molecule has 0 aromatic heterocycles. The van der Waals surface area contributed by atoms with Gasteiger partial charge in [-0.15, -0.1) is 0 Å². The number of rotatable bonds is 8. The zero-order chi connectivity index (χ0) is 21.5. The van der Waals surface area contributed by atoms with Gasteiger partial charge in [0.2, 0.25) is 0 Å². The Kier molecular flexibility index (Phi) is 6.65. The first-order valence-electron chi connectivity index (χ1n) is 9.97. The molecule has 0 N–H and O–H groups in total. The first kappa shape index (κ1) is 20.7. The van der Waals surface area contributed by atoms with Crippen LogP contribution in [0.3, 0.4) is 0 Å². The lowest BCUT2D eigenvalue weighted by molar-refractivity contribution is 0.103. The summed E-state index contributed by atoms with van der Waals surface area (Å²) in [6.07, 6.45) is 0. The third kappa shape index (κ3) is 5.33. The summed E-state index contributed by atoms with van der Waals surface area (Å²) in [4.78, 5) is 13.2. The quantitative estimate of drug-likeness (QED) is 0.292. The summed E-state index contributed by atoms with van der Waals surface area (Å²) in [6, 6.07) is 32.0. The van der Waals surface area contributed by atoms with E-state index in [-0.39, 0.29) is 5.78 Å². The second-order valence-corrected chi connectivity index (χ2v) is 7.42. The molecule has 4 heteroatoms. The zero-order valence-corrected chi connectivity index (χ0v) is 17.6. The van der Waals surface area contributed by atoms with Crippen LogP contribution in [0.25, 0.3) is 0 Å². The van der Waals surface area contributed by atoms with Gasteiger partial charge in [-0.05, 0) is 35.4 Å². The Morgan fingerprint density at radius 3 is 1.87 bits per heavy atom. The van der Waals surface area contributed by atoms with Crippen LogP contribution in [0, 0.1) is 0 Å². The van der Waals surface area contributed by atoms with E-state index in [2.05, 4.69) is 0 Å². The van der Waals surface area contributed by atoms with Crippen molar-refractivity contribution in [2.45, 2.75) is 13.2 Å². The summed E-state index contributed by atoms with van der Waals surface area (Å²) in [5.41, 5.74) is 2.95. The van der Waals surface area contributed by atoms with Crippen molar-refractivity contribution in [3.05, 3.63) is 130 Å². The molecule has 0 bridgehead atoms. The largest absolute Gasteiger partial charge is 0.489 e. The van der Waals surface area contributed by atoms with Gasteiger partial charge in [0.15, 0.2) is 5.78 Å². The molecule has 0 saturated carbocycles. The lowest BCUT2D eigenvalue weighted by Crippen LogP contribution is -2.07. The van der Waals surface area contributed by atoms with Crippen LogP contribution in [-0.4, -0.2) is 5.78 Å². The normalized spacial score (nSPS) is 10.5. The average Bonchev–Trinajstić information content (AvgIpc) is 2.83. The molecule has 0 aliphatic carbocycles. The van der Waals surface area contributed by atoms with E-state index in [1.807, 2.05) is 60.7 Å². The van der Waals surface area contributed by atoms with Gasteiger partial charge in [0.25, 0.3) is 0 Å². The van der Waals surface area contributed by atoms with Gasteiger partial charge in [-0.1, -0.05) is 84.4 Å². The van der Waals surface area contributed by atoms with Gasteiger partial charge in [0.1, 0.15) is 24.7 Å². The van der Waals surface area contributed by atoms with Gasteiger partial charge in [-0.3, -0.25) is 4.79 Å². The number of halogens is 1. The third-order valence-electron chi connectivity index (χ3n) is 4.80. The Morgan fingerprint density at radius 2 is 1.23 bits per heavy atom. The molecule has 154 valence electrons. The number of carbonyl (C=O) groups excluding carboxylic acids is 1. The predicted octanol–water partition coefficient (Wildman–Crippen LogP) is 6.73. The predicted molar refractivity (Wildman–Crippen MR) is 123 cm³/mol. The molecule has 0 spiro atoms. The number of hydrogen-bond acceptors (Lipinski definition) is 3. The van der Waals surface area contributed by atoms with Gasteiger partial charge >= 0.3 is 0 Å². The SMILES string of the molecule is O=C(c1ccccc1Cl)c1ccc(OCc2ccccc2)cc1OCc1ccccc1. The Labute approximate surface area is 186 Å². The average molecular weight is 429 g/mol. The van der Waals surface area contributed by atoms with Crippen molar-refractivity contribution in [1.82, 2.24) is 0 Å². The molecule has 0 radical (unpaired) electrons. The van der Waals surface area contributed by atoms with E-state index in [1.165, 1.54) is 0 Å². The second-order valence-electron chi connectivity index (χ2n) is 7.02. The van der Waals surface area contributed by atoms with Crippen molar-refractivity contribution in [2.24, 2.45) is 0 Å². The Balaban J connectivity index is 1.61. The molecule has 3 nitrogen and oxygen atoms in total. The van der Waals surface area contributed by atoms with Crippen LogP contribution in [0.15, 0.2) is 103 Å². The minimum Gasteiger partial charge on any atom is -0.489 e. The number of ether oxygens (including phenoxy) is 2. The molecule has 0 atom stereocenters. The maximum Gasteiger partial charge on any atom is 0.198 e. The highest BCUT2D eigenvalue weighted by Gasteiger charge is 2.18. The Morgan fingerprint density at radius 1 is 0.645 bits per heavy atom. The number of benzene rings is 4. The fourth-order valence-corrected chi connectivity index (χ4v) is 3.39. The summed E-state index contributed by atoms with van der Waals surface area (Å²) >= 11 is 6.26. The molecule has 0 heterocycles. The Bertz CT molecular complexity index is 1160. The maximum atomic E-state index is 13.2. The number of ketones is 1. The van der Waals surface area contributed by atoms with E-state index in [9.17, 15) is 4.79 Å². The molecular formula is C27H21ClO3. The van der Waals surface area contributed by atoms with Gasteiger partial charge in [-0.25, -0.2) is 0 Å². The van der Waals surface area contributed by atoms with E-state index in [4.69, 9.17) is 21.1 Å². The minimum absolute atomic E-state index is 0.191. The van der Waals surface area contributed by atoms with Crippen LogP contribution in [0.1, 0.15) is 27.0 Å². The fourth-order valence-electron chi connectivity index (χ4n) is 3.17. The van der Waals surface area contributed by atoms with Crippen molar-refractivity contribution in [3.8, 4) is 11.5 Å². The fraction of sp³-hybridized carbons (Fsp3) is 0.0741. The maximum absolute atomic E-state index is 13.2. The third-order valence-corrected chi connectivity index (χ3v) is 5.13. The molecule has 4 rings (SSSR count). The monoisotopic (exact) mass is 428 g/mol. The molecule has 0 amide bonds. The highest BCUT2D eigenvalue weighted by atomic mass is 35.5. The summed E-state index contributed by atoms with van der Waals surface area (Å²) in [6.45, 7) is 0.766. The van der Waals surface area contributed by atoms with E-state index >= 15 is 0 Å². The lowest BCUT2D eigenvalue weighted by atomic mass is 10.0. The van der Waals surface area contributed by atoms with Crippen molar-refractivity contribution >= 4 is 17.4 Å². The standard InChI is InChI=1S/C27H21ClO3/c28-25-14-8-7-13-23(25)27(29)24-16-15-22(30-18-20-9-3-1-4-10-20)17-26(24)31-19-21-11-5-2-6-12-21/h1-17H,18-19H2. The summed E-state index contributed by atoms with van der Waals surface area (Å²) in [7, 11) is 0. The van der Waals surface area contributed by atoms with Crippen LogP contribution >= 0.6 is 11.6 Å². The van der Waals surface area contributed by atoms with Crippen LogP contribution in [0.5, 0.6) is 11.5 Å². The van der Waals surface area contributed by atoms with Crippen molar-refractivity contribution in [1.29, 1.82) is 0 Å². The second kappa shape index (κ2) is 9.96. The molecule has 4 aromatic rings. The first-order chi connectivity index (χ1) is 15.2. The van der Waals surface area contributed by atoms with E-state index in [0.717, 1.165) is 11.1 Å². The van der Waals surface area contributed by atoms with Crippen molar-refractivity contribution in [2.75, 3.05) is 0 Å². The lowest BCUT2D eigenvalue weighted by Gasteiger charge is -2.14. The molecule has 0 fully saturated rings. The highest BCUT2D eigenvalue weighted by Crippen LogP contribution is 2.30.